The summed E-state index contributed by atoms with van der Waals surface area (Å²) < 4.78 is 29.3. The fourth-order valence-electron chi connectivity index (χ4n) is 2.37. The molecule has 0 aliphatic carbocycles. The van der Waals surface area contributed by atoms with Crippen molar-refractivity contribution in [2.75, 3.05) is 6.61 Å². The Morgan fingerprint density at radius 2 is 1.81 bits per heavy atom. The average Bonchev–Trinajstić information content (AvgIpc) is 2.63. The van der Waals surface area contributed by atoms with Crippen LogP contribution in [0.15, 0.2) is 54.7 Å². The molecule has 3 aromatic rings. The summed E-state index contributed by atoms with van der Waals surface area (Å²) in [6.45, 7) is 3.68. The number of nitrogens with zero attached hydrogens (tertiary/aromatic N) is 1. The van der Waals surface area contributed by atoms with E-state index in [0.29, 0.717) is 29.4 Å². The normalized spacial score (nSPS) is 11.8. The van der Waals surface area contributed by atoms with Crippen molar-refractivity contribution in [2.24, 2.45) is 0 Å². The quantitative estimate of drug-likeness (QED) is 0.610. The van der Waals surface area contributed by atoms with E-state index in [-0.39, 0.29) is 5.82 Å². The van der Waals surface area contributed by atoms with Gasteiger partial charge in [0.25, 0.3) is 0 Å². The fourth-order valence-corrected chi connectivity index (χ4v) is 2.37. The van der Waals surface area contributed by atoms with E-state index < -0.39 is 12.1 Å². The van der Waals surface area contributed by atoms with E-state index in [1.54, 1.807) is 56.4 Å². The number of ether oxygens (including phenoxy) is 3. The monoisotopic (exact) mass is 355 g/mol. The number of fused-ring (bicyclic) bond motifs is 1. The second-order valence-corrected chi connectivity index (χ2v) is 5.60. The molecule has 0 radical (unpaired) electrons. The van der Waals surface area contributed by atoms with Crippen LogP contribution >= 0.6 is 0 Å². The van der Waals surface area contributed by atoms with Crippen molar-refractivity contribution in [3.63, 3.8) is 0 Å². The van der Waals surface area contributed by atoms with E-state index in [0.717, 1.165) is 5.39 Å². The first kappa shape index (κ1) is 17.7. The minimum Gasteiger partial charge on any atom is -0.479 e. The van der Waals surface area contributed by atoms with Gasteiger partial charge in [0, 0.05) is 17.6 Å². The van der Waals surface area contributed by atoms with E-state index in [1.165, 1.54) is 12.1 Å². The number of hydrogen-bond acceptors (Lipinski definition) is 5. The number of hydrogen-bond donors (Lipinski definition) is 0. The summed E-state index contributed by atoms with van der Waals surface area (Å²) in [5.41, 5.74) is 0. The van der Waals surface area contributed by atoms with Crippen molar-refractivity contribution in [1.82, 2.24) is 4.98 Å². The van der Waals surface area contributed by atoms with E-state index >= 15 is 0 Å². The second kappa shape index (κ2) is 7.82. The zero-order valence-electron chi connectivity index (χ0n) is 14.4. The van der Waals surface area contributed by atoms with Crippen molar-refractivity contribution in [3.05, 3.63) is 60.5 Å². The standard InChI is InChI=1S/C20H18FNO4/c1-3-24-20(23)13(2)25-17-6-8-18(9-7-17)26-19-11-14-4-5-16(21)10-15(14)12-22-19/h4-13H,3H2,1-2H3. The van der Waals surface area contributed by atoms with Crippen LogP contribution in [-0.2, 0) is 9.53 Å². The summed E-state index contributed by atoms with van der Waals surface area (Å²) in [7, 11) is 0. The first-order valence-electron chi connectivity index (χ1n) is 8.21. The first-order valence-corrected chi connectivity index (χ1v) is 8.21. The van der Waals surface area contributed by atoms with E-state index in [9.17, 15) is 9.18 Å². The molecule has 5 nitrogen and oxygen atoms in total. The third kappa shape index (κ3) is 4.27. The lowest BCUT2D eigenvalue weighted by Crippen LogP contribution is -2.25. The zero-order chi connectivity index (χ0) is 18.5. The SMILES string of the molecule is CCOC(=O)C(C)Oc1ccc(Oc2cc3ccc(F)cc3cn2)cc1. The molecule has 0 saturated carbocycles. The predicted octanol–water partition coefficient (Wildman–Crippen LogP) is 4.50. The van der Waals surface area contributed by atoms with Crippen LogP contribution in [0.25, 0.3) is 10.8 Å². The lowest BCUT2D eigenvalue weighted by atomic mass is 10.2. The van der Waals surface area contributed by atoms with Crippen LogP contribution in [0.3, 0.4) is 0 Å². The number of carbonyl (C=O) groups excluding carboxylic acids is 1. The lowest BCUT2D eigenvalue weighted by Gasteiger charge is -2.13. The number of carbonyl (C=O) groups is 1. The van der Waals surface area contributed by atoms with Gasteiger partial charge < -0.3 is 14.2 Å². The van der Waals surface area contributed by atoms with Crippen LogP contribution in [-0.4, -0.2) is 23.7 Å². The highest BCUT2D eigenvalue weighted by molar-refractivity contribution is 5.82. The predicted molar refractivity (Wildman–Crippen MR) is 94.9 cm³/mol. The molecule has 134 valence electrons. The molecular weight excluding hydrogens is 337 g/mol. The van der Waals surface area contributed by atoms with Gasteiger partial charge in [0.15, 0.2) is 6.10 Å². The van der Waals surface area contributed by atoms with Crippen LogP contribution in [0, 0.1) is 5.82 Å². The zero-order valence-corrected chi connectivity index (χ0v) is 14.4. The molecule has 6 heteroatoms. The van der Waals surface area contributed by atoms with E-state index in [1.807, 2.05) is 0 Å². The van der Waals surface area contributed by atoms with Crippen LogP contribution in [0.4, 0.5) is 4.39 Å². The Kier molecular flexibility index (Phi) is 5.31. The number of aromatic nitrogens is 1. The van der Waals surface area contributed by atoms with Gasteiger partial charge in [-0.05, 0) is 55.6 Å². The summed E-state index contributed by atoms with van der Waals surface area (Å²) in [6.07, 6.45) is 0.871. The molecule has 1 atom stereocenters. The Balaban J connectivity index is 1.67. The van der Waals surface area contributed by atoms with Gasteiger partial charge in [0.05, 0.1) is 6.61 Å². The van der Waals surface area contributed by atoms with Crippen LogP contribution in [0.2, 0.25) is 0 Å². The maximum atomic E-state index is 13.2. The number of rotatable bonds is 6. The van der Waals surface area contributed by atoms with Crippen molar-refractivity contribution >= 4 is 16.7 Å². The lowest BCUT2D eigenvalue weighted by molar-refractivity contribution is -0.150. The molecule has 0 fully saturated rings. The Labute approximate surface area is 150 Å². The van der Waals surface area contributed by atoms with Crippen molar-refractivity contribution in [2.45, 2.75) is 20.0 Å². The maximum Gasteiger partial charge on any atom is 0.347 e. The number of pyridine rings is 1. The largest absolute Gasteiger partial charge is 0.479 e. The molecule has 1 unspecified atom stereocenters. The molecule has 0 aliphatic heterocycles. The molecule has 0 N–H and O–H groups in total. The average molecular weight is 355 g/mol. The van der Waals surface area contributed by atoms with Gasteiger partial charge >= 0.3 is 5.97 Å². The Bertz CT molecular complexity index is 911. The summed E-state index contributed by atoms with van der Waals surface area (Å²) in [4.78, 5) is 15.8. The summed E-state index contributed by atoms with van der Waals surface area (Å²) >= 11 is 0. The molecule has 0 aliphatic rings. The second-order valence-electron chi connectivity index (χ2n) is 5.60. The molecule has 26 heavy (non-hydrogen) atoms. The topological polar surface area (TPSA) is 57.7 Å². The van der Waals surface area contributed by atoms with E-state index in [4.69, 9.17) is 14.2 Å². The first-order chi connectivity index (χ1) is 12.5. The Hall–Kier alpha value is -3.15. The fraction of sp³-hybridized carbons (Fsp3) is 0.200. The number of halogens is 1. The summed E-state index contributed by atoms with van der Waals surface area (Å²) in [5, 5.41) is 1.54. The molecule has 1 heterocycles. The van der Waals surface area contributed by atoms with Gasteiger partial charge in [0.1, 0.15) is 17.3 Å². The molecule has 0 saturated heterocycles. The summed E-state index contributed by atoms with van der Waals surface area (Å²) in [6, 6.07) is 13.0. The van der Waals surface area contributed by atoms with Crippen LogP contribution in [0.5, 0.6) is 17.4 Å². The third-order valence-corrected chi connectivity index (χ3v) is 3.64. The number of esters is 1. The minimum absolute atomic E-state index is 0.305. The Morgan fingerprint density at radius 3 is 2.54 bits per heavy atom. The van der Waals surface area contributed by atoms with Crippen LogP contribution in [0.1, 0.15) is 13.8 Å². The summed E-state index contributed by atoms with van der Waals surface area (Å²) in [5.74, 6) is 0.776. The van der Waals surface area contributed by atoms with Crippen molar-refractivity contribution in [1.29, 1.82) is 0 Å². The molecule has 0 amide bonds. The van der Waals surface area contributed by atoms with Gasteiger partial charge in [-0.2, -0.15) is 0 Å². The molecule has 2 aromatic carbocycles. The molecule has 0 spiro atoms. The third-order valence-electron chi connectivity index (χ3n) is 3.64. The van der Waals surface area contributed by atoms with Gasteiger partial charge in [-0.1, -0.05) is 6.07 Å². The molecule has 3 rings (SSSR count). The van der Waals surface area contributed by atoms with Crippen molar-refractivity contribution < 1.29 is 23.4 Å². The Morgan fingerprint density at radius 1 is 1.08 bits per heavy atom. The van der Waals surface area contributed by atoms with Crippen molar-refractivity contribution in [3.8, 4) is 17.4 Å². The smallest absolute Gasteiger partial charge is 0.347 e. The van der Waals surface area contributed by atoms with E-state index in [2.05, 4.69) is 4.98 Å². The highest BCUT2D eigenvalue weighted by Gasteiger charge is 2.15. The minimum atomic E-state index is -0.690. The van der Waals surface area contributed by atoms with Crippen LogP contribution < -0.4 is 9.47 Å². The highest BCUT2D eigenvalue weighted by atomic mass is 19.1. The maximum absolute atomic E-state index is 13.2. The van der Waals surface area contributed by atoms with Gasteiger partial charge in [-0.3, -0.25) is 0 Å². The van der Waals surface area contributed by atoms with Gasteiger partial charge in [-0.15, -0.1) is 0 Å². The highest BCUT2D eigenvalue weighted by Crippen LogP contribution is 2.25. The molecular formula is C20H18FNO4. The van der Waals surface area contributed by atoms with Gasteiger partial charge in [0.2, 0.25) is 5.88 Å². The number of benzene rings is 2. The van der Waals surface area contributed by atoms with Gasteiger partial charge in [-0.25, -0.2) is 14.2 Å². The molecule has 1 aromatic heterocycles. The molecule has 0 bridgehead atoms.